The smallest absolute Gasteiger partial charge is 0.339 e. The van der Waals surface area contributed by atoms with E-state index in [2.05, 4.69) is 10.2 Å². The van der Waals surface area contributed by atoms with E-state index >= 15 is 0 Å². The Bertz CT molecular complexity index is 452. The summed E-state index contributed by atoms with van der Waals surface area (Å²) >= 11 is 2.81. The third-order valence-corrected chi connectivity index (χ3v) is 3.50. The van der Waals surface area contributed by atoms with Crippen LogP contribution in [0.2, 0.25) is 0 Å². The van der Waals surface area contributed by atoms with Gasteiger partial charge in [0, 0.05) is 0 Å². The van der Waals surface area contributed by atoms with Gasteiger partial charge >= 0.3 is 5.97 Å². The SMILES string of the molecule is O=C(O)c1ccoc1CSc1nncs1. The van der Waals surface area contributed by atoms with Gasteiger partial charge in [0.05, 0.1) is 12.0 Å². The van der Waals surface area contributed by atoms with E-state index in [0.29, 0.717) is 11.5 Å². The summed E-state index contributed by atoms with van der Waals surface area (Å²) in [6, 6.07) is 1.44. The van der Waals surface area contributed by atoms with Crippen molar-refractivity contribution in [3.63, 3.8) is 0 Å². The van der Waals surface area contributed by atoms with Gasteiger partial charge < -0.3 is 9.52 Å². The summed E-state index contributed by atoms with van der Waals surface area (Å²) < 4.78 is 5.87. The van der Waals surface area contributed by atoms with Crippen LogP contribution in [0.1, 0.15) is 16.1 Å². The minimum absolute atomic E-state index is 0.201. The maximum Gasteiger partial charge on any atom is 0.339 e. The fourth-order valence-electron chi connectivity index (χ4n) is 0.996. The molecule has 2 aromatic rings. The zero-order valence-electron chi connectivity index (χ0n) is 7.41. The molecule has 0 aliphatic carbocycles. The van der Waals surface area contributed by atoms with Crippen LogP contribution in [-0.2, 0) is 5.75 Å². The summed E-state index contributed by atoms with van der Waals surface area (Å²) in [5.74, 6) is -0.0802. The van der Waals surface area contributed by atoms with Crippen molar-refractivity contribution < 1.29 is 14.3 Å². The number of furan rings is 1. The molecule has 0 fully saturated rings. The van der Waals surface area contributed by atoms with Crippen LogP contribution in [0.4, 0.5) is 0 Å². The Morgan fingerprint density at radius 3 is 3.20 bits per heavy atom. The molecule has 0 saturated heterocycles. The molecule has 0 unspecified atom stereocenters. The average Bonchev–Trinajstić information content (AvgIpc) is 2.86. The van der Waals surface area contributed by atoms with Gasteiger partial charge in [-0.2, -0.15) is 0 Å². The maximum atomic E-state index is 10.7. The Morgan fingerprint density at radius 2 is 2.53 bits per heavy atom. The monoisotopic (exact) mass is 242 g/mol. The Balaban J connectivity index is 2.05. The first-order valence-corrected chi connectivity index (χ1v) is 5.82. The second kappa shape index (κ2) is 4.45. The van der Waals surface area contributed by atoms with Crippen molar-refractivity contribution in [1.82, 2.24) is 10.2 Å². The number of rotatable bonds is 4. The molecular weight excluding hydrogens is 236 g/mol. The van der Waals surface area contributed by atoms with Gasteiger partial charge in [-0.1, -0.05) is 23.1 Å². The molecule has 1 N–H and O–H groups in total. The highest BCUT2D eigenvalue weighted by Crippen LogP contribution is 2.25. The molecule has 2 rings (SSSR count). The number of carbonyl (C=O) groups is 1. The lowest BCUT2D eigenvalue weighted by Crippen LogP contribution is -1.97. The molecule has 2 heterocycles. The van der Waals surface area contributed by atoms with Crippen LogP contribution in [0, 0.1) is 0 Å². The van der Waals surface area contributed by atoms with Crippen molar-refractivity contribution in [1.29, 1.82) is 0 Å². The summed E-state index contributed by atoms with van der Waals surface area (Å²) in [5, 5.41) is 16.3. The topological polar surface area (TPSA) is 76.2 Å². The van der Waals surface area contributed by atoms with E-state index in [-0.39, 0.29) is 5.56 Å². The quantitative estimate of drug-likeness (QED) is 0.827. The zero-order valence-corrected chi connectivity index (χ0v) is 9.05. The number of hydrogen-bond donors (Lipinski definition) is 1. The molecule has 0 aliphatic heterocycles. The third-order valence-electron chi connectivity index (χ3n) is 1.64. The van der Waals surface area contributed by atoms with Crippen molar-refractivity contribution in [2.75, 3.05) is 0 Å². The zero-order chi connectivity index (χ0) is 10.7. The number of aromatic nitrogens is 2. The first-order valence-electron chi connectivity index (χ1n) is 3.96. The molecule has 0 radical (unpaired) electrons. The Kier molecular flexibility index (Phi) is 3.02. The van der Waals surface area contributed by atoms with Crippen molar-refractivity contribution in [2.24, 2.45) is 0 Å². The van der Waals surface area contributed by atoms with Crippen LogP contribution in [0.25, 0.3) is 0 Å². The van der Waals surface area contributed by atoms with E-state index in [0.717, 1.165) is 4.34 Å². The fourth-order valence-corrected chi connectivity index (χ4v) is 2.44. The van der Waals surface area contributed by atoms with Crippen LogP contribution < -0.4 is 0 Å². The summed E-state index contributed by atoms with van der Waals surface area (Å²) in [6.07, 6.45) is 1.37. The van der Waals surface area contributed by atoms with Crippen LogP contribution in [0.5, 0.6) is 0 Å². The van der Waals surface area contributed by atoms with E-state index in [9.17, 15) is 4.79 Å². The minimum atomic E-state index is -0.975. The minimum Gasteiger partial charge on any atom is -0.478 e. The van der Waals surface area contributed by atoms with Gasteiger partial charge in [0.2, 0.25) is 0 Å². The molecule has 0 aromatic carbocycles. The van der Waals surface area contributed by atoms with Crippen LogP contribution in [-0.4, -0.2) is 21.3 Å². The Morgan fingerprint density at radius 1 is 1.67 bits per heavy atom. The molecular formula is C8H6N2O3S2. The van der Waals surface area contributed by atoms with Crippen molar-refractivity contribution in [2.45, 2.75) is 10.1 Å². The van der Waals surface area contributed by atoms with Gasteiger partial charge in [-0.3, -0.25) is 0 Å². The first kappa shape index (κ1) is 10.2. The average molecular weight is 242 g/mol. The molecule has 0 aliphatic rings. The largest absolute Gasteiger partial charge is 0.478 e. The number of carboxylic acid groups (broad SMARTS) is 1. The van der Waals surface area contributed by atoms with E-state index in [4.69, 9.17) is 9.52 Å². The van der Waals surface area contributed by atoms with Crippen LogP contribution in [0.15, 0.2) is 26.6 Å². The standard InChI is InChI=1S/C8H6N2O3S2/c11-7(12)5-1-2-13-6(5)3-14-8-10-9-4-15-8/h1-2,4H,3H2,(H,11,12). The summed E-state index contributed by atoms with van der Waals surface area (Å²) in [6.45, 7) is 0. The first-order chi connectivity index (χ1) is 7.27. The summed E-state index contributed by atoms with van der Waals surface area (Å²) in [7, 11) is 0. The van der Waals surface area contributed by atoms with Crippen molar-refractivity contribution >= 4 is 29.1 Å². The lowest BCUT2D eigenvalue weighted by Gasteiger charge is -1.95. The molecule has 0 amide bonds. The highest BCUT2D eigenvalue weighted by Gasteiger charge is 2.13. The molecule has 2 aromatic heterocycles. The lowest BCUT2D eigenvalue weighted by atomic mass is 10.3. The molecule has 0 atom stereocenters. The maximum absolute atomic E-state index is 10.7. The van der Waals surface area contributed by atoms with E-state index in [1.807, 2.05) is 0 Å². The molecule has 15 heavy (non-hydrogen) atoms. The number of nitrogens with zero attached hydrogens (tertiary/aromatic N) is 2. The highest BCUT2D eigenvalue weighted by molar-refractivity contribution is 8.00. The van der Waals surface area contributed by atoms with Gasteiger partial charge in [0.25, 0.3) is 0 Å². The van der Waals surface area contributed by atoms with Gasteiger partial charge in [0.1, 0.15) is 16.8 Å². The number of hydrogen-bond acceptors (Lipinski definition) is 6. The Labute approximate surface area is 93.1 Å². The summed E-state index contributed by atoms with van der Waals surface area (Å²) in [5.41, 5.74) is 1.83. The van der Waals surface area contributed by atoms with Gasteiger partial charge in [-0.15, -0.1) is 10.2 Å². The van der Waals surface area contributed by atoms with Crippen LogP contribution in [0.3, 0.4) is 0 Å². The molecule has 78 valence electrons. The number of aromatic carboxylic acids is 1. The molecule has 0 spiro atoms. The van der Waals surface area contributed by atoms with Gasteiger partial charge in [-0.25, -0.2) is 4.79 Å². The van der Waals surface area contributed by atoms with Crippen molar-refractivity contribution in [3.05, 3.63) is 29.2 Å². The highest BCUT2D eigenvalue weighted by atomic mass is 32.2. The normalized spacial score (nSPS) is 10.4. The van der Waals surface area contributed by atoms with Crippen LogP contribution >= 0.6 is 23.1 Å². The van der Waals surface area contributed by atoms with Crippen molar-refractivity contribution in [3.8, 4) is 0 Å². The second-order valence-electron chi connectivity index (χ2n) is 2.56. The fraction of sp³-hybridized carbons (Fsp3) is 0.125. The second-order valence-corrected chi connectivity index (χ2v) is 4.61. The predicted molar refractivity (Wildman–Crippen MR) is 55.1 cm³/mol. The molecule has 0 saturated carbocycles. The number of carboxylic acids is 1. The third kappa shape index (κ3) is 2.37. The molecule has 5 nitrogen and oxygen atoms in total. The van der Waals surface area contributed by atoms with Gasteiger partial charge in [0.15, 0.2) is 4.34 Å². The lowest BCUT2D eigenvalue weighted by molar-refractivity contribution is 0.0695. The molecule has 7 heteroatoms. The molecule has 0 bridgehead atoms. The van der Waals surface area contributed by atoms with E-state index in [1.54, 1.807) is 5.51 Å². The Hall–Kier alpha value is -1.34. The number of thioether (sulfide) groups is 1. The van der Waals surface area contributed by atoms with E-state index < -0.39 is 5.97 Å². The van der Waals surface area contributed by atoms with Gasteiger partial charge in [-0.05, 0) is 6.07 Å². The summed E-state index contributed by atoms with van der Waals surface area (Å²) in [4.78, 5) is 10.7. The predicted octanol–water partition coefficient (Wildman–Crippen LogP) is 2.12. The van der Waals surface area contributed by atoms with E-state index in [1.165, 1.54) is 35.4 Å².